The summed E-state index contributed by atoms with van der Waals surface area (Å²) in [6.45, 7) is 4.08. The normalized spacial score (nSPS) is 12.8. The number of aliphatic hydroxyl groups excluding tert-OH is 1. The quantitative estimate of drug-likeness (QED) is 0.752. The molecule has 1 rings (SSSR count). The lowest BCUT2D eigenvalue weighted by molar-refractivity contribution is 0.0847. The van der Waals surface area contributed by atoms with Gasteiger partial charge in [0.05, 0.1) is 6.10 Å². The Bertz CT molecular complexity index is 304. The Morgan fingerprint density at radius 3 is 2.40 bits per heavy atom. The highest BCUT2D eigenvalue weighted by Crippen LogP contribution is 2.11. The summed E-state index contributed by atoms with van der Waals surface area (Å²) >= 11 is 0. The van der Waals surface area contributed by atoms with Gasteiger partial charge in [-0.15, -0.1) is 0 Å². The molecule has 0 aliphatic heterocycles. The number of ketones is 1. The second kappa shape index (κ2) is 5.66. The highest BCUT2D eigenvalue weighted by molar-refractivity contribution is 5.96. The maximum Gasteiger partial charge on any atom is 0.165 e. The first-order chi connectivity index (χ1) is 7.09. The molecule has 0 unspecified atom stereocenters. The molecule has 2 nitrogen and oxygen atoms in total. The fraction of sp³-hybridized carbons (Fsp3) is 0.462. The van der Waals surface area contributed by atoms with Crippen LogP contribution in [0.15, 0.2) is 30.3 Å². The average molecular weight is 206 g/mol. The molecule has 0 aliphatic rings. The molecular weight excluding hydrogens is 188 g/mol. The van der Waals surface area contributed by atoms with Crippen LogP contribution >= 0.6 is 0 Å². The molecule has 0 saturated heterocycles. The topological polar surface area (TPSA) is 37.3 Å². The van der Waals surface area contributed by atoms with Crippen LogP contribution in [0.5, 0.6) is 0 Å². The molecule has 0 radical (unpaired) electrons. The van der Waals surface area contributed by atoms with Gasteiger partial charge >= 0.3 is 0 Å². The Labute approximate surface area is 90.9 Å². The first-order valence-corrected chi connectivity index (χ1v) is 5.36. The van der Waals surface area contributed by atoms with E-state index in [1.165, 1.54) is 0 Å². The monoisotopic (exact) mass is 206 g/mol. The second-order valence-electron chi connectivity index (χ2n) is 4.28. The van der Waals surface area contributed by atoms with Crippen molar-refractivity contribution in [2.45, 2.75) is 32.8 Å². The lowest BCUT2D eigenvalue weighted by atomic mass is 9.99. The van der Waals surface area contributed by atoms with Gasteiger partial charge in [0.1, 0.15) is 0 Å². The van der Waals surface area contributed by atoms with Crippen LogP contribution in [0.2, 0.25) is 0 Å². The Morgan fingerprint density at radius 2 is 1.87 bits per heavy atom. The van der Waals surface area contributed by atoms with Gasteiger partial charge in [0.2, 0.25) is 0 Å². The summed E-state index contributed by atoms with van der Waals surface area (Å²) in [5.74, 6) is 0.437. The number of hydrogen-bond donors (Lipinski definition) is 1. The van der Waals surface area contributed by atoms with Gasteiger partial charge in [-0.25, -0.2) is 0 Å². The third-order valence-electron chi connectivity index (χ3n) is 2.26. The lowest BCUT2D eigenvalue weighted by Gasteiger charge is -2.11. The van der Waals surface area contributed by atoms with Crippen molar-refractivity contribution in [3.8, 4) is 0 Å². The van der Waals surface area contributed by atoms with Crippen LogP contribution in [0.1, 0.15) is 37.0 Å². The van der Waals surface area contributed by atoms with Gasteiger partial charge in [0.15, 0.2) is 5.78 Å². The highest BCUT2D eigenvalue weighted by Gasteiger charge is 2.13. The van der Waals surface area contributed by atoms with E-state index in [2.05, 4.69) is 0 Å². The Hall–Kier alpha value is -1.15. The van der Waals surface area contributed by atoms with Crippen LogP contribution in [-0.2, 0) is 0 Å². The predicted molar refractivity (Wildman–Crippen MR) is 60.9 cm³/mol. The van der Waals surface area contributed by atoms with Crippen LogP contribution < -0.4 is 0 Å². The summed E-state index contributed by atoms with van der Waals surface area (Å²) in [5, 5.41) is 9.63. The summed E-state index contributed by atoms with van der Waals surface area (Å²) in [7, 11) is 0. The van der Waals surface area contributed by atoms with Gasteiger partial charge < -0.3 is 5.11 Å². The van der Waals surface area contributed by atoms with E-state index < -0.39 is 6.10 Å². The van der Waals surface area contributed by atoms with Crippen molar-refractivity contribution >= 4 is 5.78 Å². The van der Waals surface area contributed by atoms with Gasteiger partial charge in [-0.2, -0.15) is 0 Å². The molecule has 1 atom stereocenters. The number of aliphatic hydroxyl groups is 1. The fourth-order valence-electron chi connectivity index (χ4n) is 1.58. The van der Waals surface area contributed by atoms with Crippen LogP contribution in [0.25, 0.3) is 0 Å². The second-order valence-corrected chi connectivity index (χ2v) is 4.28. The summed E-state index contributed by atoms with van der Waals surface area (Å²) < 4.78 is 0. The Kier molecular flexibility index (Phi) is 4.50. The minimum absolute atomic E-state index is 0.0174. The molecule has 0 heterocycles. The van der Waals surface area contributed by atoms with Crippen LogP contribution in [-0.4, -0.2) is 17.0 Å². The number of carbonyl (C=O) groups is 1. The molecule has 0 saturated carbocycles. The van der Waals surface area contributed by atoms with Crippen molar-refractivity contribution in [3.63, 3.8) is 0 Å². The van der Waals surface area contributed by atoms with Crippen molar-refractivity contribution in [2.75, 3.05) is 0 Å². The lowest BCUT2D eigenvalue weighted by Crippen LogP contribution is -2.15. The SMILES string of the molecule is CC(C)C[C@H](O)CC(=O)c1ccccc1. The first kappa shape index (κ1) is 11.9. The van der Waals surface area contributed by atoms with Gasteiger partial charge in [0, 0.05) is 12.0 Å². The van der Waals surface area contributed by atoms with E-state index >= 15 is 0 Å². The molecule has 1 aromatic carbocycles. The predicted octanol–water partition coefficient (Wildman–Crippen LogP) is 2.67. The Morgan fingerprint density at radius 1 is 1.27 bits per heavy atom. The van der Waals surface area contributed by atoms with Gasteiger partial charge in [-0.1, -0.05) is 44.2 Å². The molecule has 0 aliphatic carbocycles. The number of hydrogen-bond acceptors (Lipinski definition) is 2. The first-order valence-electron chi connectivity index (χ1n) is 5.36. The third-order valence-corrected chi connectivity index (χ3v) is 2.26. The largest absolute Gasteiger partial charge is 0.393 e. The smallest absolute Gasteiger partial charge is 0.165 e. The number of Topliss-reactive ketones (excluding diaryl/α,β-unsaturated/α-hetero) is 1. The van der Waals surface area contributed by atoms with E-state index in [0.29, 0.717) is 17.9 Å². The molecule has 0 fully saturated rings. The van der Waals surface area contributed by atoms with Gasteiger partial charge in [-0.05, 0) is 12.3 Å². The standard InChI is InChI=1S/C13H18O2/c1-10(2)8-12(14)9-13(15)11-6-4-3-5-7-11/h3-7,10,12,14H,8-9H2,1-2H3/t12-/m0/s1. The summed E-state index contributed by atoms with van der Waals surface area (Å²) in [6, 6.07) is 9.11. The molecular formula is C13H18O2. The molecule has 2 heteroatoms. The molecule has 1 aromatic rings. The maximum atomic E-state index is 11.7. The average Bonchev–Trinajstić information content (AvgIpc) is 2.17. The summed E-state index contributed by atoms with van der Waals surface area (Å²) in [5.41, 5.74) is 0.681. The van der Waals surface area contributed by atoms with Crippen molar-refractivity contribution in [1.29, 1.82) is 0 Å². The minimum Gasteiger partial charge on any atom is -0.393 e. The fourth-order valence-corrected chi connectivity index (χ4v) is 1.58. The van der Waals surface area contributed by atoms with Gasteiger partial charge in [-0.3, -0.25) is 4.79 Å². The number of rotatable bonds is 5. The van der Waals surface area contributed by atoms with Crippen molar-refractivity contribution < 1.29 is 9.90 Å². The van der Waals surface area contributed by atoms with Crippen molar-refractivity contribution in [3.05, 3.63) is 35.9 Å². The van der Waals surface area contributed by atoms with E-state index in [4.69, 9.17) is 0 Å². The minimum atomic E-state index is -0.516. The van der Waals surface area contributed by atoms with Crippen molar-refractivity contribution in [2.24, 2.45) is 5.92 Å². The maximum absolute atomic E-state index is 11.7. The van der Waals surface area contributed by atoms with E-state index in [9.17, 15) is 9.90 Å². The third kappa shape index (κ3) is 4.26. The zero-order valence-corrected chi connectivity index (χ0v) is 9.31. The van der Waals surface area contributed by atoms with Crippen molar-refractivity contribution in [1.82, 2.24) is 0 Å². The van der Waals surface area contributed by atoms with Crippen LogP contribution in [0.3, 0.4) is 0 Å². The van der Waals surface area contributed by atoms with Gasteiger partial charge in [0.25, 0.3) is 0 Å². The van der Waals surface area contributed by atoms with E-state index in [-0.39, 0.29) is 12.2 Å². The molecule has 0 spiro atoms. The number of benzene rings is 1. The molecule has 0 aromatic heterocycles. The van der Waals surface area contributed by atoms with E-state index in [0.717, 1.165) is 0 Å². The molecule has 1 N–H and O–H groups in total. The summed E-state index contributed by atoms with van der Waals surface area (Å²) in [6.07, 6.45) is 0.388. The Balaban J connectivity index is 2.49. The van der Waals surface area contributed by atoms with E-state index in [1.54, 1.807) is 12.1 Å². The molecule has 15 heavy (non-hydrogen) atoms. The van der Waals surface area contributed by atoms with E-state index in [1.807, 2.05) is 32.0 Å². The van der Waals surface area contributed by atoms with Crippen LogP contribution in [0.4, 0.5) is 0 Å². The van der Waals surface area contributed by atoms with Crippen LogP contribution in [0, 0.1) is 5.92 Å². The summed E-state index contributed by atoms with van der Waals surface area (Å²) in [4.78, 5) is 11.7. The zero-order valence-electron chi connectivity index (χ0n) is 9.31. The molecule has 0 bridgehead atoms. The molecule has 0 amide bonds. The zero-order chi connectivity index (χ0) is 11.3. The highest BCUT2D eigenvalue weighted by atomic mass is 16.3. The number of carbonyl (C=O) groups excluding carboxylic acids is 1. The molecule has 82 valence electrons.